The average Bonchev–Trinajstić information content (AvgIpc) is 2.27. The zero-order valence-electron chi connectivity index (χ0n) is 12.5. The van der Waals surface area contributed by atoms with Crippen LogP contribution in [-0.2, 0) is 10.2 Å². The molecule has 0 aliphatic rings. The van der Waals surface area contributed by atoms with Crippen LogP contribution >= 0.6 is 0 Å². The van der Waals surface area contributed by atoms with E-state index >= 15 is 0 Å². The van der Waals surface area contributed by atoms with Gasteiger partial charge in [0.05, 0.1) is 0 Å². The van der Waals surface area contributed by atoms with E-state index in [1.165, 1.54) is 5.56 Å². The first-order valence-corrected chi connectivity index (χ1v) is 6.52. The minimum atomic E-state index is -0.0899. The highest BCUT2D eigenvalue weighted by Gasteiger charge is 2.13. The molecule has 1 amide bonds. The van der Waals surface area contributed by atoms with Crippen molar-refractivity contribution in [3.63, 3.8) is 0 Å². The first kappa shape index (κ1) is 15.4. The van der Waals surface area contributed by atoms with E-state index in [0.29, 0.717) is 0 Å². The Morgan fingerprint density at radius 3 is 2.58 bits per heavy atom. The lowest BCUT2D eigenvalue weighted by atomic mass is 9.87. The van der Waals surface area contributed by atoms with Crippen LogP contribution in [0.15, 0.2) is 36.4 Å². The van der Waals surface area contributed by atoms with Crippen molar-refractivity contribution in [2.45, 2.75) is 26.2 Å². The minimum absolute atomic E-state index is 0.0848. The molecule has 3 nitrogen and oxygen atoms in total. The third-order valence-electron chi connectivity index (χ3n) is 2.74. The van der Waals surface area contributed by atoms with Crippen LogP contribution in [0.2, 0.25) is 0 Å². The van der Waals surface area contributed by atoms with E-state index in [0.717, 1.165) is 12.2 Å². The molecule has 0 heterocycles. The third kappa shape index (κ3) is 5.71. The van der Waals surface area contributed by atoms with Crippen molar-refractivity contribution in [2.24, 2.45) is 0 Å². The van der Waals surface area contributed by atoms with E-state index in [4.69, 9.17) is 0 Å². The second-order valence-corrected chi connectivity index (χ2v) is 5.98. The average molecular weight is 260 g/mol. The van der Waals surface area contributed by atoms with Crippen molar-refractivity contribution in [2.75, 3.05) is 26.0 Å². The fraction of sp³-hybridized carbons (Fsp3) is 0.438. The number of benzene rings is 1. The number of nitrogens with zero attached hydrogens (tertiary/aromatic N) is 1. The molecule has 0 fully saturated rings. The van der Waals surface area contributed by atoms with E-state index in [1.54, 1.807) is 6.08 Å². The van der Waals surface area contributed by atoms with Crippen molar-refractivity contribution in [1.29, 1.82) is 0 Å². The molecule has 0 atom stereocenters. The first-order valence-electron chi connectivity index (χ1n) is 6.52. The van der Waals surface area contributed by atoms with Crippen LogP contribution in [0.1, 0.15) is 26.3 Å². The van der Waals surface area contributed by atoms with Crippen LogP contribution in [0.25, 0.3) is 0 Å². The van der Waals surface area contributed by atoms with Gasteiger partial charge in [0.15, 0.2) is 0 Å². The summed E-state index contributed by atoms with van der Waals surface area (Å²) in [5.74, 6) is -0.0899. The molecule has 0 radical (unpaired) electrons. The second kappa shape index (κ2) is 6.53. The molecule has 1 aromatic carbocycles. The molecule has 0 unspecified atom stereocenters. The molecule has 1 rings (SSSR count). The maximum Gasteiger partial charge on any atom is 0.248 e. The van der Waals surface area contributed by atoms with Gasteiger partial charge in [-0.1, -0.05) is 39.0 Å². The van der Waals surface area contributed by atoms with Crippen molar-refractivity contribution in [3.8, 4) is 0 Å². The Morgan fingerprint density at radius 1 is 1.32 bits per heavy atom. The lowest BCUT2D eigenvalue weighted by Crippen LogP contribution is -2.14. The Morgan fingerprint density at radius 2 is 2.00 bits per heavy atom. The molecule has 19 heavy (non-hydrogen) atoms. The molecule has 0 bridgehead atoms. The van der Waals surface area contributed by atoms with E-state index in [-0.39, 0.29) is 11.3 Å². The lowest BCUT2D eigenvalue weighted by molar-refractivity contribution is -0.111. The van der Waals surface area contributed by atoms with Crippen LogP contribution in [0.4, 0.5) is 5.69 Å². The van der Waals surface area contributed by atoms with Gasteiger partial charge in [-0.25, -0.2) is 0 Å². The van der Waals surface area contributed by atoms with Gasteiger partial charge in [0.2, 0.25) is 5.91 Å². The standard InChI is InChI=1S/C16H24N2O/c1-16(2,3)13-8-6-9-14(12-13)17-15(19)10-7-11-18(4)5/h6-10,12H,11H2,1-5H3,(H,17,19)/b10-7+. The Labute approximate surface area is 116 Å². The summed E-state index contributed by atoms with van der Waals surface area (Å²) in [5, 5.41) is 2.88. The van der Waals surface area contributed by atoms with E-state index in [1.807, 2.05) is 43.3 Å². The Kier molecular flexibility index (Phi) is 5.31. The largest absolute Gasteiger partial charge is 0.323 e. The number of hydrogen-bond donors (Lipinski definition) is 1. The summed E-state index contributed by atoms with van der Waals surface area (Å²) in [4.78, 5) is 13.7. The number of carbonyl (C=O) groups is 1. The maximum absolute atomic E-state index is 11.7. The maximum atomic E-state index is 11.7. The highest BCUT2D eigenvalue weighted by Crippen LogP contribution is 2.24. The second-order valence-electron chi connectivity index (χ2n) is 5.98. The van der Waals surface area contributed by atoms with Gasteiger partial charge in [0.1, 0.15) is 0 Å². The summed E-state index contributed by atoms with van der Waals surface area (Å²) in [5.41, 5.74) is 2.14. The topological polar surface area (TPSA) is 32.3 Å². The Hall–Kier alpha value is -1.61. The van der Waals surface area contributed by atoms with Gasteiger partial charge in [-0.3, -0.25) is 4.79 Å². The molecular formula is C16H24N2O. The summed E-state index contributed by atoms with van der Waals surface area (Å²) >= 11 is 0. The van der Waals surface area contributed by atoms with Crippen molar-refractivity contribution in [1.82, 2.24) is 4.90 Å². The molecular weight excluding hydrogens is 236 g/mol. The van der Waals surface area contributed by atoms with Crippen molar-refractivity contribution >= 4 is 11.6 Å². The fourth-order valence-electron chi connectivity index (χ4n) is 1.62. The number of hydrogen-bond acceptors (Lipinski definition) is 2. The third-order valence-corrected chi connectivity index (χ3v) is 2.74. The first-order chi connectivity index (χ1) is 8.79. The molecule has 0 aromatic heterocycles. The highest BCUT2D eigenvalue weighted by molar-refractivity contribution is 5.99. The molecule has 0 saturated heterocycles. The summed E-state index contributed by atoms with van der Waals surface area (Å²) in [7, 11) is 3.93. The van der Waals surface area contributed by atoms with Gasteiger partial charge >= 0.3 is 0 Å². The van der Waals surface area contributed by atoms with Crippen LogP contribution in [0.3, 0.4) is 0 Å². The minimum Gasteiger partial charge on any atom is -0.323 e. The predicted molar refractivity (Wildman–Crippen MR) is 81.5 cm³/mol. The van der Waals surface area contributed by atoms with E-state index in [9.17, 15) is 4.79 Å². The number of rotatable bonds is 4. The lowest BCUT2D eigenvalue weighted by Gasteiger charge is -2.19. The Bertz CT molecular complexity index is 456. The fourth-order valence-corrected chi connectivity index (χ4v) is 1.62. The van der Waals surface area contributed by atoms with Crippen LogP contribution in [0, 0.1) is 0 Å². The summed E-state index contributed by atoms with van der Waals surface area (Å²) in [6.45, 7) is 7.23. The number of likely N-dealkylation sites (N-methyl/N-ethyl adjacent to an activating group) is 1. The molecule has 1 N–H and O–H groups in total. The number of anilines is 1. The zero-order valence-corrected chi connectivity index (χ0v) is 12.5. The van der Waals surface area contributed by atoms with Crippen LogP contribution < -0.4 is 5.32 Å². The normalized spacial score (nSPS) is 12.1. The molecule has 104 valence electrons. The van der Waals surface area contributed by atoms with E-state index in [2.05, 4.69) is 32.2 Å². The zero-order chi connectivity index (χ0) is 14.5. The smallest absolute Gasteiger partial charge is 0.248 e. The SMILES string of the molecule is CN(C)C/C=C/C(=O)Nc1cccc(C(C)(C)C)c1. The van der Waals surface area contributed by atoms with Gasteiger partial charge in [0.25, 0.3) is 0 Å². The van der Waals surface area contributed by atoms with Gasteiger partial charge in [0, 0.05) is 18.3 Å². The van der Waals surface area contributed by atoms with Gasteiger partial charge < -0.3 is 10.2 Å². The quantitative estimate of drug-likeness (QED) is 0.844. The molecule has 1 aromatic rings. The van der Waals surface area contributed by atoms with Crippen LogP contribution in [-0.4, -0.2) is 31.4 Å². The number of amides is 1. The monoisotopic (exact) mass is 260 g/mol. The van der Waals surface area contributed by atoms with E-state index < -0.39 is 0 Å². The van der Waals surface area contributed by atoms with Gasteiger partial charge in [-0.15, -0.1) is 0 Å². The Balaban J connectivity index is 2.67. The van der Waals surface area contributed by atoms with Gasteiger partial charge in [-0.2, -0.15) is 0 Å². The van der Waals surface area contributed by atoms with Crippen molar-refractivity contribution in [3.05, 3.63) is 42.0 Å². The molecule has 0 spiro atoms. The summed E-state index contributed by atoms with van der Waals surface area (Å²) < 4.78 is 0. The summed E-state index contributed by atoms with van der Waals surface area (Å²) in [6.07, 6.45) is 3.42. The molecule has 0 aliphatic heterocycles. The molecule has 0 aliphatic carbocycles. The number of nitrogens with one attached hydrogen (secondary N) is 1. The van der Waals surface area contributed by atoms with Crippen LogP contribution in [0.5, 0.6) is 0 Å². The van der Waals surface area contributed by atoms with Gasteiger partial charge in [-0.05, 0) is 37.2 Å². The number of carbonyl (C=O) groups excluding carboxylic acids is 1. The molecule has 0 saturated carbocycles. The highest BCUT2D eigenvalue weighted by atomic mass is 16.1. The molecule has 3 heteroatoms. The van der Waals surface area contributed by atoms with Crippen molar-refractivity contribution < 1.29 is 4.79 Å². The summed E-state index contributed by atoms with van der Waals surface area (Å²) in [6, 6.07) is 7.99. The predicted octanol–water partition coefficient (Wildman–Crippen LogP) is 3.04.